The number of carbonyl (C=O) groups is 1. The molecule has 0 aromatic carbocycles. The highest BCUT2D eigenvalue weighted by Crippen LogP contribution is 2.21. The molecular weight excluding hydrogens is 258 g/mol. The third-order valence-corrected chi connectivity index (χ3v) is 4.18. The first-order chi connectivity index (χ1) is 9.04. The van der Waals surface area contributed by atoms with Gasteiger partial charge in [-0.25, -0.2) is 4.98 Å². The number of aromatic nitrogens is 1. The summed E-state index contributed by atoms with van der Waals surface area (Å²) in [6.07, 6.45) is 1.84. The molecule has 0 radical (unpaired) electrons. The predicted octanol–water partition coefficient (Wildman–Crippen LogP) is 2.68. The van der Waals surface area contributed by atoms with E-state index in [0.717, 1.165) is 38.2 Å². The maximum Gasteiger partial charge on any atom is 0.229 e. The summed E-state index contributed by atoms with van der Waals surface area (Å²) in [6, 6.07) is 0. The first-order valence-electron chi connectivity index (χ1n) is 6.64. The summed E-state index contributed by atoms with van der Waals surface area (Å²) in [5, 5.41) is 5.58. The van der Waals surface area contributed by atoms with Crippen LogP contribution in [-0.4, -0.2) is 35.4 Å². The number of hydrogen-bond acceptors (Lipinski definition) is 4. The Morgan fingerprint density at radius 1 is 1.58 bits per heavy atom. The van der Waals surface area contributed by atoms with Crippen molar-refractivity contribution in [3.63, 3.8) is 0 Å². The van der Waals surface area contributed by atoms with Gasteiger partial charge in [-0.3, -0.25) is 9.69 Å². The van der Waals surface area contributed by atoms with E-state index in [-0.39, 0.29) is 11.8 Å². The minimum absolute atomic E-state index is 0.115. The molecular formula is C14H21N3OS. The molecule has 0 bridgehead atoms. The lowest BCUT2D eigenvalue weighted by Crippen LogP contribution is -2.38. The summed E-state index contributed by atoms with van der Waals surface area (Å²) in [7, 11) is 0. The zero-order valence-electron chi connectivity index (χ0n) is 11.6. The van der Waals surface area contributed by atoms with Gasteiger partial charge in [0.2, 0.25) is 5.91 Å². The van der Waals surface area contributed by atoms with E-state index in [0.29, 0.717) is 5.13 Å². The number of anilines is 1. The average molecular weight is 279 g/mol. The lowest BCUT2D eigenvalue weighted by Gasteiger charge is -2.31. The zero-order chi connectivity index (χ0) is 13.8. The Morgan fingerprint density at radius 2 is 2.26 bits per heavy atom. The highest BCUT2D eigenvalue weighted by molar-refractivity contribution is 7.13. The van der Waals surface area contributed by atoms with Crippen molar-refractivity contribution in [2.75, 3.05) is 25.0 Å². The van der Waals surface area contributed by atoms with Gasteiger partial charge in [-0.05, 0) is 39.8 Å². The summed E-state index contributed by atoms with van der Waals surface area (Å²) in [4.78, 5) is 18.8. The molecule has 1 fully saturated rings. The molecule has 1 aromatic rings. The summed E-state index contributed by atoms with van der Waals surface area (Å²) in [5.41, 5.74) is 2.14. The van der Waals surface area contributed by atoms with Gasteiger partial charge < -0.3 is 5.32 Å². The van der Waals surface area contributed by atoms with E-state index >= 15 is 0 Å². The van der Waals surface area contributed by atoms with Gasteiger partial charge in [0.25, 0.3) is 0 Å². The molecule has 1 aromatic heterocycles. The van der Waals surface area contributed by atoms with Crippen LogP contribution in [0.25, 0.3) is 0 Å². The molecule has 1 N–H and O–H groups in total. The average Bonchev–Trinajstić information content (AvgIpc) is 2.75. The fourth-order valence-electron chi connectivity index (χ4n) is 2.35. The van der Waals surface area contributed by atoms with Crippen LogP contribution in [0.1, 0.15) is 25.5 Å². The molecule has 2 rings (SSSR count). The molecule has 19 heavy (non-hydrogen) atoms. The second-order valence-corrected chi connectivity index (χ2v) is 6.15. The van der Waals surface area contributed by atoms with E-state index in [1.54, 1.807) is 0 Å². The first kappa shape index (κ1) is 14.2. The predicted molar refractivity (Wildman–Crippen MR) is 79.5 cm³/mol. The summed E-state index contributed by atoms with van der Waals surface area (Å²) >= 11 is 1.49. The molecule has 1 aliphatic rings. The van der Waals surface area contributed by atoms with Crippen LogP contribution >= 0.6 is 11.3 Å². The van der Waals surface area contributed by atoms with E-state index < -0.39 is 0 Å². The molecule has 1 amide bonds. The van der Waals surface area contributed by atoms with Crippen LogP contribution in [0.3, 0.4) is 0 Å². The Morgan fingerprint density at radius 3 is 2.79 bits per heavy atom. The number of amides is 1. The van der Waals surface area contributed by atoms with Gasteiger partial charge in [-0.15, -0.1) is 11.3 Å². The third-order valence-electron chi connectivity index (χ3n) is 3.30. The maximum atomic E-state index is 12.1. The van der Waals surface area contributed by atoms with Crippen LogP contribution in [0.5, 0.6) is 0 Å². The summed E-state index contributed by atoms with van der Waals surface area (Å²) in [6.45, 7) is 10.8. The van der Waals surface area contributed by atoms with Gasteiger partial charge in [-0.1, -0.05) is 12.2 Å². The number of carbonyl (C=O) groups excluding carboxylic acids is 1. The molecule has 4 nitrogen and oxygen atoms in total. The van der Waals surface area contributed by atoms with Crippen molar-refractivity contribution >= 4 is 22.4 Å². The molecule has 0 spiro atoms. The van der Waals surface area contributed by atoms with E-state index in [1.807, 2.05) is 19.2 Å². The quantitative estimate of drug-likeness (QED) is 0.862. The van der Waals surface area contributed by atoms with E-state index in [9.17, 15) is 4.79 Å². The number of nitrogens with one attached hydrogen (secondary N) is 1. The van der Waals surface area contributed by atoms with Crippen molar-refractivity contribution in [1.29, 1.82) is 0 Å². The van der Waals surface area contributed by atoms with E-state index in [4.69, 9.17) is 0 Å². The van der Waals surface area contributed by atoms with Crippen LogP contribution in [-0.2, 0) is 4.79 Å². The molecule has 0 atom stereocenters. The Hall–Kier alpha value is -1.20. The van der Waals surface area contributed by atoms with Gasteiger partial charge in [-0.2, -0.15) is 0 Å². The van der Waals surface area contributed by atoms with Crippen molar-refractivity contribution in [2.24, 2.45) is 5.92 Å². The second kappa shape index (κ2) is 6.30. The highest BCUT2D eigenvalue weighted by Gasteiger charge is 2.25. The molecule has 0 saturated carbocycles. The lowest BCUT2D eigenvalue weighted by atomic mass is 9.96. The van der Waals surface area contributed by atoms with Crippen LogP contribution in [0.4, 0.5) is 5.13 Å². The second-order valence-electron chi connectivity index (χ2n) is 5.29. The molecule has 1 saturated heterocycles. The number of piperidine rings is 1. The smallest absolute Gasteiger partial charge is 0.229 e. The van der Waals surface area contributed by atoms with Crippen LogP contribution in [0.2, 0.25) is 0 Å². The van der Waals surface area contributed by atoms with Crippen molar-refractivity contribution in [3.8, 4) is 0 Å². The number of aryl methyl sites for hydroxylation is 1. The Kier molecular flexibility index (Phi) is 4.71. The van der Waals surface area contributed by atoms with Crippen molar-refractivity contribution in [2.45, 2.75) is 26.7 Å². The summed E-state index contributed by atoms with van der Waals surface area (Å²) < 4.78 is 0. The Labute approximate surface area is 118 Å². The van der Waals surface area contributed by atoms with Gasteiger partial charge in [0.05, 0.1) is 5.69 Å². The minimum atomic E-state index is 0.115. The Balaban J connectivity index is 1.80. The molecule has 2 heterocycles. The molecule has 1 aliphatic heterocycles. The number of likely N-dealkylation sites (tertiary alicyclic amines) is 1. The first-order valence-corrected chi connectivity index (χ1v) is 7.52. The van der Waals surface area contributed by atoms with Gasteiger partial charge >= 0.3 is 0 Å². The molecule has 5 heteroatoms. The van der Waals surface area contributed by atoms with Crippen molar-refractivity contribution in [3.05, 3.63) is 23.2 Å². The minimum Gasteiger partial charge on any atom is -0.302 e. The topological polar surface area (TPSA) is 45.2 Å². The maximum absolute atomic E-state index is 12.1. The fourth-order valence-corrected chi connectivity index (χ4v) is 3.04. The van der Waals surface area contributed by atoms with Crippen molar-refractivity contribution < 1.29 is 4.79 Å². The summed E-state index contributed by atoms with van der Waals surface area (Å²) in [5.74, 6) is 0.231. The number of hydrogen-bond donors (Lipinski definition) is 1. The van der Waals surface area contributed by atoms with Gasteiger partial charge in [0.1, 0.15) is 0 Å². The number of rotatable bonds is 4. The highest BCUT2D eigenvalue weighted by atomic mass is 32.1. The number of nitrogens with zero attached hydrogens (tertiary/aromatic N) is 2. The zero-order valence-corrected chi connectivity index (χ0v) is 12.4. The van der Waals surface area contributed by atoms with Crippen LogP contribution in [0.15, 0.2) is 17.5 Å². The Bertz CT molecular complexity index is 461. The number of thiazole rings is 1. The fraction of sp³-hybridized carbons (Fsp3) is 0.571. The largest absolute Gasteiger partial charge is 0.302 e. The third kappa shape index (κ3) is 4.14. The standard InChI is InChI=1S/C14H21N3OS/c1-10(2)8-17-6-4-12(5-7-17)13(18)16-14-15-11(3)9-19-14/h9,12H,1,4-8H2,2-3H3,(H,15,16,18). The molecule has 104 valence electrons. The van der Waals surface area contributed by atoms with E-state index in [1.165, 1.54) is 16.9 Å². The van der Waals surface area contributed by atoms with Gasteiger partial charge in [0, 0.05) is 17.8 Å². The van der Waals surface area contributed by atoms with Crippen molar-refractivity contribution in [1.82, 2.24) is 9.88 Å². The van der Waals surface area contributed by atoms with Gasteiger partial charge in [0.15, 0.2) is 5.13 Å². The van der Waals surface area contributed by atoms with Crippen LogP contribution < -0.4 is 5.32 Å². The molecule has 0 aliphatic carbocycles. The normalized spacial score (nSPS) is 17.4. The van der Waals surface area contributed by atoms with Crippen LogP contribution in [0, 0.1) is 12.8 Å². The monoisotopic (exact) mass is 279 g/mol. The lowest BCUT2D eigenvalue weighted by molar-refractivity contribution is -0.121. The van der Waals surface area contributed by atoms with E-state index in [2.05, 4.69) is 21.8 Å². The molecule has 0 unspecified atom stereocenters. The SMILES string of the molecule is C=C(C)CN1CCC(C(=O)Nc2nc(C)cs2)CC1.